The molecule has 1 fully saturated rings. The minimum Gasteiger partial charge on any atom is -0.376 e. The van der Waals surface area contributed by atoms with E-state index in [0.717, 1.165) is 45.8 Å². The number of morpholine rings is 1. The highest BCUT2D eigenvalue weighted by Crippen LogP contribution is 2.15. The molecule has 0 aromatic heterocycles. The summed E-state index contributed by atoms with van der Waals surface area (Å²) in [5.74, 6) is 0. The van der Waals surface area contributed by atoms with Crippen molar-refractivity contribution in [3.63, 3.8) is 0 Å². The van der Waals surface area contributed by atoms with Crippen LogP contribution < -0.4 is 5.32 Å². The second-order valence-corrected chi connectivity index (χ2v) is 5.58. The van der Waals surface area contributed by atoms with Crippen LogP contribution in [-0.2, 0) is 17.8 Å². The Hall–Kier alpha value is -0.900. The van der Waals surface area contributed by atoms with Gasteiger partial charge in [-0.05, 0) is 30.5 Å². The Morgan fingerprint density at radius 1 is 1.25 bits per heavy atom. The maximum absolute atomic E-state index is 5.75. The number of hydrogen-bond acceptors (Lipinski definition) is 3. The summed E-state index contributed by atoms with van der Waals surface area (Å²) in [7, 11) is 0. The number of hydrogen-bond donors (Lipinski definition) is 1. The van der Waals surface area contributed by atoms with Gasteiger partial charge >= 0.3 is 0 Å². The van der Waals surface area contributed by atoms with Gasteiger partial charge in [-0.1, -0.05) is 38.1 Å². The summed E-state index contributed by atoms with van der Waals surface area (Å²) in [6, 6.07) is 8.80. The maximum Gasteiger partial charge on any atom is 0.0700 e. The maximum atomic E-state index is 5.75. The molecular formula is C17H28N2O. The van der Waals surface area contributed by atoms with Crippen molar-refractivity contribution < 1.29 is 4.74 Å². The highest BCUT2D eigenvalue weighted by molar-refractivity contribution is 5.27. The van der Waals surface area contributed by atoms with Crippen LogP contribution in [-0.4, -0.2) is 37.2 Å². The van der Waals surface area contributed by atoms with E-state index in [2.05, 4.69) is 48.3 Å². The number of nitrogens with one attached hydrogen (secondary N) is 1. The van der Waals surface area contributed by atoms with E-state index in [9.17, 15) is 0 Å². The third-order valence-electron chi connectivity index (χ3n) is 3.93. The van der Waals surface area contributed by atoms with Crippen LogP contribution in [0, 0.1) is 0 Å². The van der Waals surface area contributed by atoms with E-state index < -0.39 is 0 Å². The molecule has 1 aliphatic rings. The molecule has 0 bridgehead atoms. The lowest BCUT2D eigenvalue weighted by molar-refractivity contribution is -0.0325. The van der Waals surface area contributed by atoms with Crippen molar-refractivity contribution in [3.05, 3.63) is 35.4 Å². The van der Waals surface area contributed by atoms with Gasteiger partial charge in [0.25, 0.3) is 0 Å². The first-order valence-electron chi connectivity index (χ1n) is 7.95. The fraction of sp³-hybridized carbons (Fsp3) is 0.647. The number of ether oxygens (including phenoxy) is 1. The Labute approximate surface area is 123 Å². The van der Waals surface area contributed by atoms with Gasteiger partial charge < -0.3 is 10.1 Å². The van der Waals surface area contributed by atoms with E-state index in [1.54, 1.807) is 0 Å². The fourth-order valence-corrected chi connectivity index (χ4v) is 2.70. The minimum atomic E-state index is 0.411. The van der Waals surface area contributed by atoms with Crippen molar-refractivity contribution in [1.82, 2.24) is 10.2 Å². The highest BCUT2D eigenvalue weighted by Gasteiger charge is 2.19. The molecule has 0 spiro atoms. The Morgan fingerprint density at radius 3 is 2.80 bits per heavy atom. The summed E-state index contributed by atoms with van der Waals surface area (Å²) in [4.78, 5) is 2.52. The van der Waals surface area contributed by atoms with Crippen molar-refractivity contribution in [1.29, 1.82) is 0 Å². The Bertz CT molecular complexity index is 394. The SMILES string of the molecule is CCCNCc1ccccc1CN1CCOC(CC)C1. The average molecular weight is 276 g/mol. The molecule has 20 heavy (non-hydrogen) atoms. The third-order valence-corrected chi connectivity index (χ3v) is 3.93. The minimum absolute atomic E-state index is 0.411. The molecule has 2 rings (SSSR count). The first-order chi connectivity index (χ1) is 9.83. The van der Waals surface area contributed by atoms with Crippen LogP contribution in [0.15, 0.2) is 24.3 Å². The Balaban J connectivity index is 1.94. The molecule has 1 heterocycles. The molecule has 1 atom stereocenters. The van der Waals surface area contributed by atoms with Crippen LogP contribution in [0.2, 0.25) is 0 Å². The van der Waals surface area contributed by atoms with Crippen molar-refractivity contribution in [2.24, 2.45) is 0 Å². The van der Waals surface area contributed by atoms with Gasteiger partial charge in [-0.3, -0.25) is 4.90 Å². The van der Waals surface area contributed by atoms with Gasteiger partial charge in [-0.15, -0.1) is 0 Å². The van der Waals surface area contributed by atoms with Gasteiger partial charge in [0.1, 0.15) is 0 Å². The van der Waals surface area contributed by atoms with E-state index in [-0.39, 0.29) is 0 Å². The number of rotatable bonds is 7. The van der Waals surface area contributed by atoms with Gasteiger partial charge in [0.2, 0.25) is 0 Å². The number of benzene rings is 1. The van der Waals surface area contributed by atoms with Gasteiger partial charge in [0.15, 0.2) is 0 Å². The average Bonchev–Trinajstić information content (AvgIpc) is 2.49. The molecule has 1 saturated heterocycles. The summed E-state index contributed by atoms with van der Waals surface area (Å²) in [5, 5.41) is 3.51. The van der Waals surface area contributed by atoms with Crippen LogP contribution in [0.25, 0.3) is 0 Å². The molecule has 1 aromatic carbocycles. The standard InChI is InChI=1S/C17H28N2O/c1-3-9-18-12-15-7-5-6-8-16(15)13-19-10-11-20-17(4-2)14-19/h5-8,17-18H,3-4,9-14H2,1-2H3. The molecule has 112 valence electrons. The quantitative estimate of drug-likeness (QED) is 0.775. The summed E-state index contributed by atoms with van der Waals surface area (Å²) < 4.78 is 5.75. The summed E-state index contributed by atoms with van der Waals surface area (Å²) >= 11 is 0. The van der Waals surface area contributed by atoms with Crippen molar-refractivity contribution in [2.75, 3.05) is 26.2 Å². The summed E-state index contributed by atoms with van der Waals surface area (Å²) in [6.07, 6.45) is 2.70. The van der Waals surface area contributed by atoms with E-state index in [4.69, 9.17) is 4.74 Å². The van der Waals surface area contributed by atoms with Crippen LogP contribution in [0.4, 0.5) is 0 Å². The van der Waals surface area contributed by atoms with Gasteiger partial charge in [0.05, 0.1) is 12.7 Å². The van der Waals surface area contributed by atoms with Gasteiger partial charge in [-0.2, -0.15) is 0 Å². The monoisotopic (exact) mass is 276 g/mol. The van der Waals surface area contributed by atoms with E-state index >= 15 is 0 Å². The predicted octanol–water partition coefficient (Wildman–Crippen LogP) is 2.80. The largest absolute Gasteiger partial charge is 0.376 e. The van der Waals surface area contributed by atoms with Crippen LogP contribution in [0.5, 0.6) is 0 Å². The smallest absolute Gasteiger partial charge is 0.0700 e. The first kappa shape index (κ1) is 15.5. The molecule has 3 heteroatoms. The molecular weight excluding hydrogens is 248 g/mol. The molecule has 1 unspecified atom stereocenters. The molecule has 0 radical (unpaired) electrons. The Morgan fingerprint density at radius 2 is 2.05 bits per heavy atom. The fourth-order valence-electron chi connectivity index (χ4n) is 2.70. The van der Waals surface area contributed by atoms with Crippen molar-refractivity contribution in [3.8, 4) is 0 Å². The zero-order valence-corrected chi connectivity index (χ0v) is 12.9. The lowest BCUT2D eigenvalue weighted by Gasteiger charge is -2.33. The van der Waals surface area contributed by atoms with E-state index in [0.29, 0.717) is 6.10 Å². The van der Waals surface area contributed by atoms with Crippen LogP contribution in [0.1, 0.15) is 37.8 Å². The molecule has 1 N–H and O–H groups in total. The van der Waals surface area contributed by atoms with E-state index in [1.807, 2.05) is 0 Å². The number of nitrogens with zero attached hydrogens (tertiary/aromatic N) is 1. The second-order valence-electron chi connectivity index (χ2n) is 5.58. The lowest BCUT2D eigenvalue weighted by atomic mass is 10.1. The lowest BCUT2D eigenvalue weighted by Crippen LogP contribution is -2.41. The molecule has 1 aliphatic heterocycles. The van der Waals surface area contributed by atoms with E-state index in [1.165, 1.54) is 17.5 Å². The molecule has 1 aromatic rings. The van der Waals surface area contributed by atoms with Gasteiger partial charge in [0, 0.05) is 26.2 Å². The van der Waals surface area contributed by atoms with Crippen molar-refractivity contribution >= 4 is 0 Å². The topological polar surface area (TPSA) is 24.5 Å². The zero-order valence-electron chi connectivity index (χ0n) is 12.9. The zero-order chi connectivity index (χ0) is 14.2. The molecule has 0 amide bonds. The molecule has 0 aliphatic carbocycles. The second kappa shape index (κ2) is 8.40. The highest BCUT2D eigenvalue weighted by atomic mass is 16.5. The summed E-state index contributed by atoms with van der Waals surface area (Å²) in [5.41, 5.74) is 2.88. The first-order valence-corrected chi connectivity index (χ1v) is 7.95. The Kier molecular flexibility index (Phi) is 6.51. The van der Waals surface area contributed by atoms with Crippen LogP contribution >= 0.6 is 0 Å². The molecule has 0 saturated carbocycles. The summed E-state index contributed by atoms with van der Waals surface area (Å²) in [6.45, 7) is 10.5. The predicted molar refractivity (Wildman–Crippen MR) is 83.7 cm³/mol. The third kappa shape index (κ3) is 4.58. The van der Waals surface area contributed by atoms with Crippen molar-refractivity contribution in [2.45, 2.75) is 45.9 Å². The normalized spacial score (nSPS) is 20.2. The van der Waals surface area contributed by atoms with Crippen LogP contribution in [0.3, 0.4) is 0 Å². The van der Waals surface area contributed by atoms with Gasteiger partial charge in [-0.25, -0.2) is 0 Å². The molecule has 3 nitrogen and oxygen atoms in total.